The van der Waals surface area contributed by atoms with Crippen LogP contribution < -0.4 is 10.0 Å². The van der Waals surface area contributed by atoms with Crippen LogP contribution in [0.4, 0.5) is 5.69 Å². The third-order valence-corrected chi connectivity index (χ3v) is 4.76. The summed E-state index contributed by atoms with van der Waals surface area (Å²) in [6.45, 7) is 0.919. The van der Waals surface area contributed by atoms with Gasteiger partial charge in [0.05, 0.1) is 4.90 Å². The maximum absolute atomic E-state index is 12.2. The zero-order chi connectivity index (χ0) is 19.7. The maximum atomic E-state index is 12.2. The van der Waals surface area contributed by atoms with Gasteiger partial charge >= 0.3 is 5.97 Å². The van der Waals surface area contributed by atoms with Gasteiger partial charge in [0.1, 0.15) is 13.2 Å². The van der Waals surface area contributed by atoms with Gasteiger partial charge in [-0.2, -0.15) is 4.72 Å². The molecule has 8 heteroatoms. The van der Waals surface area contributed by atoms with E-state index in [0.717, 1.165) is 5.56 Å². The highest BCUT2D eigenvalue weighted by Crippen LogP contribution is 2.13. The molecule has 142 valence electrons. The third kappa shape index (κ3) is 7.04. The molecule has 2 rings (SSSR count). The van der Waals surface area contributed by atoms with E-state index in [1.165, 1.54) is 31.2 Å². The molecule has 0 aliphatic rings. The van der Waals surface area contributed by atoms with E-state index in [-0.39, 0.29) is 17.4 Å². The van der Waals surface area contributed by atoms with E-state index in [1.54, 1.807) is 12.2 Å². The maximum Gasteiger partial charge on any atom is 0.321 e. The fourth-order valence-corrected chi connectivity index (χ4v) is 3.07. The molecule has 0 saturated heterocycles. The number of sulfonamides is 1. The Morgan fingerprint density at radius 2 is 1.70 bits per heavy atom. The molecule has 0 aliphatic heterocycles. The second-order valence-electron chi connectivity index (χ2n) is 5.53. The van der Waals surface area contributed by atoms with Crippen molar-refractivity contribution in [2.75, 3.05) is 18.5 Å². The van der Waals surface area contributed by atoms with Crippen molar-refractivity contribution in [3.8, 4) is 0 Å². The van der Waals surface area contributed by atoms with Crippen LogP contribution >= 0.6 is 0 Å². The number of esters is 1. The molecule has 0 saturated carbocycles. The Kier molecular flexibility index (Phi) is 7.27. The fourth-order valence-electron chi connectivity index (χ4n) is 2.10. The molecule has 0 aromatic heterocycles. The monoisotopic (exact) mass is 388 g/mol. The van der Waals surface area contributed by atoms with Crippen LogP contribution in [-0.2, 0) is 24.3 Å². The number of ether oxygens (including phenoxy) is 1. The predicted molar refractivity (Wildman–Crippen MR) is 102 cm³/mol. The van der Waals surface area contributed by atoms with E-state index in [2.05, 4.69) is 10.0 Å². The van der Waals surface area contributed by atoms with Gasteiger partial charge in [0.25, 0.3) is 0 Å². The number of hydrogen-bond donors (Lipinski definition) is 2. The predicted octanol–water partition coefficient (Wildman–Crippen LogP) is 2.18. The number of anilines is 1. The number of benzene rings is 2. The van der Waals surface area contributed by atoms with Crippen molar-refractivity contribution in [3.05, 3.63) is 66.2 Å². The van der Waals surface area contributed by atoms with Gasteiger partial charge in [0.15, 0.2) is 0 Å². The van der Waals surface area contributed by atoms with Crippen LogP contribution in [0.2, 0.25) is 0 Å². The van der Waals surface area contributed by atoms with Crippen LogP contribution in [0.25, 0.3) is 6.08 Å². The van der Waals surface area contributed by atoms with Crippen molar-refractivity contribution < 1.29 is 22.7 Å². The zero-order valence-electron chi connectivity index (χ0n) is 14.7. The van der Waals surface area contributed by atoms with E-state index in [4.69, 9.17) is 4.74 Å². The van der Waals surface area contributed by atoms with Crippen LogP contribution in [0.15, 0.2) is 65.6 Å². The molecular weight excluding hydrogens is 368 g/mol. The molecule has 0 spiro atoms. The summed E-state index contributed by atoms with van der Waals surface area (Å²) in [5.41, 5.74) is 1.45. The summed E-state index contributed by atoms with van der Waals surface area (Å²) < 4.78 is 31.5. The van der Waals surface area contributed by atoms with E-state index < -0.39 is 22.5 Å². The smallest absolute Gasteiger partial charge is 0.321 e. The standard InChI is InChI=1S/C19H20N2O5S/c1-15(22)21-17-9-11-18(12-10-17)27(24,25)20-14-19(23)26-13-5-8-16-6-3-2-4-7-16/h2-12,20H,13-14H2,1H3,(H,21,22)/b8-5+. The highest BCUT2D eigenvalue weighted by molar-refractivity contribution is 7.89. The quantitative estimate of drug-likeness (QED) is 0.675. The summed E-state index contributed by atoms with van der Waals surface area (Å²) in [4.78, 5) is 22.6. The normalized spacial score (nSPS) is 11.3. The van der Waals surface area contributed by atoms with Crippen molar-refractivity contribution in [1.82, 2.24) is 4.72 Å². The Bertz CT molecular complexity index is 907. The number of carbonyl (C=O) groups excluding carboxylic acids is 2. The molecule has 0 atom stereocenters. The van der Waals surface area contributed by atoms with Crippen molar-refractivity contribution in [2.45, 2.75) is 11.8 Å². The zero-order valence-corrected chi connectivity index (χ0v) is 15.5. The molecule has 0 radical (unpaired) electrons. The van der Waals surface area contributed by atoms with E-state index in [9.17, 15) is 18.0 Å². The molecule has 2 N–H and O–H groups in total. The number of rotatable bonds is 8. The van der Waals surface area contributed by atoms with Crippen molar-refractivity contribution in [1.29, 1.82) is 0 Å². The highest BCUT2D eigenvalue weighted by atomic mass is 32.2. The van der Waals surface area contributed by atoms with Crippen molar-refractivity contribution in [2.24, 2.45) is 0 Å². The fraction of sp³-hybridized carbons (Fsp3) is 0.158. The Labute approximate surface area is 158 Å². The number of carbonyl (C=O) groups is 2. The molecule has 27 heavy (non-hydrogen) atoms. The van der Waals surface area contributed by atoms with E-state index in [0.29, 0.717) is 5.69 Å². The Hall–Kier alpha value is -2.97. The number of hydrogen-bond acceptors (Lipinski definition) is 5. The first-order valence-electron chi connectivity index (χ1n) is 8.11. The molecule has 0 bridgehead atoms. The van der Waals surface area contributed by atoms with Crippen LogP contribution in [0.5, 0.6) is 0 Å². The average molecular weight is 388 g/mol. The first-order chi connectivity index (χ1) is 12.9. The summed E-state index contributed by atoms with van der Waals surface area (Å²) in [6, 6.07) is 15.1. The first kappa shape index (κ1) is 20.3. The van der Waals surface area contributed by atoms with Gasteiger partial charge in [-0.3, -0.25) is 9.59 Å². The van der Waals surface area contributed by atoms with E-state index >= 15 is 0 Å². The molecule has 2 aromatic rings. The lowest BCUT2D eigenvalue weighted by Crippen LogP contribution is -2.30. The lowest BCUT2D eigenvalue weighted by molar-refractivity contribution is -0.140. The largest absolute Gasteiger partial charge is 0.460 e. The molecule has 7 nitrogen and oxygen atoms in total. The van der Waals surface area contributed by atoms with Gasteiger partial charge in [-0.05, 0) is 35.9 Å². The second-order valence-corrected chi connectivity index (χ2v) is 7.29. The van der Waals surface area contributed by atoms with Gasteiger partial charge in [0, 0.05) is 12.6 Å². The van der Waals surface area contributed by atoms with E-state index in [1.807, 2.05) is 30.3 Å². The number of amides is 1. The van der Waals surface area contributed by atoms with Gasteiger partial charge < -0.3 is 10.1 Å². The summed E-state index contributed by atoms with van der Waals surface area (Å²) in [6.07, 6.45) is 3.47. The third-order valence-electron chi connectivity index (χ3n) is 3.34. The number of nitrogens with one attached hydrogen (secondary N) is 2. The van der Waals surface area contributed by atoms with Crippen LogP contribution in [0.1, 0.15) is 12.5 Å². The summed E-state index contributed by atoms with van der Waals surface area (Å²) in [7, 11) is -3.86. The average Bonchev–Trinajstić information content (AvgIpc) is 2.64. The molecule has 0 aliphatic carbocycles. The molecule has 0 unspecified atom stereocenters. The summed E-state index contributed by atoms with van der Waals surface area (Å²) in [5, 5.41) is 2.54. The van der Waals surface area contributed by atoms with Crippen molar-refractivity contribution in [3.63, 3.8) is 0 Å². The highest BCUT2D eigenvalue weighted by Gasteiger charge is 2.16. The van der Waals surface area contributed by atoms with Gasteiger partial charge in [-0.15, -0.1) is 0 Å². The first-order valence-corrected chi connectivity index (χ1v) is 9.60. The Morgan fingerprint density at radius 1 is 1.04 bits per heavy atom. The van der Waals surface area contributed by atoms with Crippen LogP contribution in [-0.4, -0.2) is 33.4 Å². The van der Waals surface area contributed by atoms with Gasteiger partial charge in [-0.25, -0.2) is 8.42 Å². The lowest BCUT2D eigenvalue weighted by Gasteiger charge is -2.08. The minimum absolute atomic E-state index is 0.0200. The Morgan fingerprint density at radius 3 is 2.33 bits per heavy atom. The topological polar surface area (TPSA) is 102 Å². The minimum Gasteiger partial charge on any atom is -0.460 e. The van der Waals surface area contributed by atoms with Crippen LogP contribution in [0, 0.1) is 0 Å². The molecule has 0 fully saturated rings. The summed E-state index contributed by atoms with van der Waals surface area (Å²) in [5.74, 6) is -0.945. The molecule has 2 aromatic carbocycles. The Balaban J connectivity index is 1.81. The van der Waals surface area contributed by atoms with Crippen LogP contribution in [0.3, 0.4) is 0 Å². The van der Waals surface area contributed by atoms with Crippen molar-refractivity contribution >= 4 is 33.7 Å². The molecule has 0 heterocycles. The summed E-state index contributed by atoms with van der Waals surface area (Å²) >= 11 is 0. The SMILES string of the molecule is CC(=O)Nc1ccc(S(=O)(=O)NCC(=O)OC/C=C/c2ccccc2)cc1. The molecular formula is C19H20N2O5S. The molecule has 1 amide bonds. The van der Waals surface area contributed by atoms with Gasteiger partial charge in [0.2, 0.25) is 15.9 Å². The second kappa shape index (κ2) is 9.65. The van der Waals surface area contributed by atoms with Gasteiger partial charge in [-0.1, -0.05) is 36.4 Å². The lowest BCUT2D eigenvalue weighted by atomic mass is 10.2. The minimum atomic E-state index is -3.86.